The smallest absolute Gasteiger partial charge is 0.354 e. The number of hydrogen-bond donors (Lipinski definition) is 1. The summed E-state index contributed by atoms with van der Waals surface area (Å²) in [7, 11) is 1.34. The van der Waals surface area contributed by atoms with Crippen molar-refractivity contribution in [2.24, 2.45) is 0 Å². The van der Waals surface area contributed by atoms with Crippen molar-refractivity contribution < 1.29 is 14.3 Å². The maximum atomic E-state index is 11.6. The second-order valence-electron chi connectivity index (χ2n) is 4.42. The van der Waals surface area contributed by atoms with Gasteiger partial charge in [-0.15, -0.1) is 0 Å². The predicted octanol–water partition coefficient (Wildman–Crippen LogP) is 4.40. The summed E-state index contributed by atoms with van der Waals surface area (Å²) in [5, 5.41) is 1.32. The van der Waals surface area contributed by atoms with Crippen LogP contribution < -0.4 is 4.74 Å². The van der Waals surface area contributed by atoms with Crippen molar-refractivity contribution in [3.8, 4) is 11.5 Å². The van der Waals surface area contributed by atoms with Gasteiger partial charge in [0.25, 0.3) is 0 Å². The Kier molecular flexibility index (Phi) is 3.54. The maximum Gasteiger partial charge on any atom is 0.354 e. The average molecular weight is 302 g/mol. The summed E-state index contributed by atoms with van der Waals surface area (Å²) in [5.74, 6) is 0.759. The molecule has 1 aromatic heterocycles. The first-order valence-corrected chi connectivity index (χ1v) is 6.69. The van der Waals surface area contributed by atoms with E-state index >= 15 is 0 Å². The molecule has 0 aliphatic carbocycles. The van der Waals surface area contributed by atoms with Crippen LogP contribution in [0.5, 0.6) is 11.5 Å². The Morgan fingerprint density at radius 2 is 1.86 bits per heavy atom. The number of rotatable bonds is 3. The molecule has 0 saturated carbocycles. The minimum atomic E-state index is -0.421. The lowest BCUT2D eigenvalue weighted by Gasteiger charge is -2.08. The van der Waals surface area contributed by atoms with Gasteiger partial charge >= 0.3 is 5.97 Å². The van der Waals surface area contributed by atoms with Gasteiger partial charge in [0.15, 0.2) is 0 Å². The molecule has 3 aromatic rings. The number of para-hydroxylation sites is 1. The van der Waals surface area contributed by atoms with Crippen LogP contribution >= 0.6 is 11.6 Å². The van der Waals surface area contributed by atoms with Gasteiger partial charge in [-0.3, -0.25) is 0 Å². The Labute approximate surface area is 126 Å². The van der Waals surface area contributed by atoms with Crippen LogP contribution in [0.3, 0.4) is 0 Å². The van der Waals surface area contributed by atoms with Crippen LogP contribution in [0.1, 0.15) is 10.5 Å². The molecule has 0 unspecified atom stereocenters. The third kappa shape index (κ3) is 2.58. The number of aromatic nitrogens is 1. The number of halogens is 1. The summed E-state index contributed by atoms with van der Waals surface area (Å²) in [5.41, 5.74) is 1.17. The molecular formula is C16H12ClNO3. The molecule has 5 heteroatoms. The lowest BCUT2D eigenvalue weighted by Crippen LogP contribution is -2.00. The van der Waals surface area contributed by atoms with E-state index in [0.29, 0.717) is 22.2 Å². The summed E-state index contributed by atoms with van der Waals surface area (Å²) in [6.45, 7) is 0. The van der Waals surface area contributed by atoms with E-state index in [0.717, 1.165) is 10.9 Å². The van der Waals surface area contributed by atoms with E-state index in [-0.39, 0.29) is 0 Å². The molecule has 1 N–H and O–H groups in total. The fraction of sp³-hybridized carbons (Fsp3) is 0.0625. The number of carbonyl (C=O) groups excluding carboxylic acids is 1. The topological polar surface area (TPSA) is 51.3 Å². The van der Waals surface area contributed by atoms with Crippen molar-refractivity contribution in [1.82, 2.24) is 4.98 Å². The molecule has 0 spiro atoms. The number of fused-ring (bicyclic) bond motifs is 1. The SMILES string of the molecule is COC(=O)c1cc2c(Oc3ccccc3Cl)cccc2[nH]1. The lowest BCUT2D eigenvalue weighted by molar-refractivity contribution is 0.0595. The number of carbonyl (C=O) groups is 1. The Balaban J connectivity index is 2.05. The van der Waals surface area contributed by atoms with E-state index < -0.39 is 5.97 Å². The second-order valence-corrected chi connectivity index (χ2v) is 4.83. The van der Waals surface area contributed by atoms with Gasteiger partial charge in [0.1, 0.15) is 17.2 Å². The number of H-pyrrole nitrogens is 1. The summed E-state index contributed by atoms with van der Waals surface area (Å²) < 4.78 is 10.6. The number of hydrogen-bond acceptors (Lipinski definition) is 3. The Morgan fingerprint density at radius 1 is 1.10 bits per heavy atom. The Morgan fingerprint density at radius 3 is 2.62 bits per heavy atom. The number of benzene rings is 2. The van der Waals surface area contributed by atoms with Crippen molar-refractivity contribution in [2.75, 3.05) is 7.11 Å². The molecule has 0 bridgehead atoms. The van der Waals surface area contributed by atoms with Crippen molar-refractivity contribution in [2.45, 2.75) is 0 Å². The van der Waals surface area contributed by atoms with Crippen LogP contribution in [0.25, 0.3) is 10.9 Å². The third-order valence-electron chi connectivity index (χ3n) is 3.09. The summed E-state index contributed by atoms with van der Waals surface area (Å²) in [6.07, 6.45) is 0. The number of ether oxygens (including phenoxy) is 2. The first-order valence-electron chi connectivity index (χ1n) is 6.31. The second kappa shape index (κ2) is 5.50. The number of esters is 1. The van der Waals surface area contributed by atoms with Crippen LogP contribution in [0.4, 0.5) is 0 Å². The fourth-order valence-corrected chi connectivity index (χ4v) is 2.26. The third-order valence-corrected chi connectivity index (χ3v) is 3.40. The van der Waals surface area contributed by atoms with Crippen molar-refractivity contribution in [3.63, 3.8) is 0 Å². The van der Waals surface area contributed by atoms with Crippen molar-refractivity contribution >= 4 is 28.5 Å². The molecule has 0 amide bonds. The van der Waals surface area contributed by atoms with Gasteiger partial charge in [-0.05, 0) is 30.3 Å². The molecule has 1 heterocycles. The molecule has 4 nitrogen and oxygen atoms in total. The van der Waals surface area contributed by atoms with Crippen molar-refractivity contribution in [1.29, 1.82) is 0 Å². The van der Waals surface area contributed by atoms with E-state index in [1.54, 1.807) is 18.2 Å². The number of nitrogens with one attached hydrogen (secondary N) is 1. The quantitative estimate of drug-likeness (QED) is 0.729. The van der Waals surface area contributed by atoms with E-state index in [4.69, 9.17) is 21.1 Å². The van der Waals surface area contributed by atoms with Gasteiger partial charge in [0.05, 0.1) is 12.1 Å². The normalized spacial score (nSPS) is 10.6. The minimum Gasteiger partial charge on any atom is -0.464 e. The number of methoxy groups -OCH3 is 1. The van der Waals surface area contributed by atoms with Gasteiger partial charge in [-0.1, -0.05) is 29.8 Å². The van der Waals surface area contributed by atoms with E-state index in [1.165, 1.54) is 7.11 Å². The molecular weight excluding hydrogens is 290 g/mol. The van der Waals surface area contributed by atoms with Crippen LogP contribution in [-0.2, 0) is 4.74 Å². The molecule has 0 atom stereocenters. The monoisotopic (exact) mass is 301 g/mol. The van der Waals surface area contributed by atoms with Gasteiger partial charge in [-0.2, -0.15) is 0 Å². The predicted molar refractivity (Wildman–Crippen MR) is 81.2 cm³/mol. The van der Waals surface area contributed by atoms with Crippen LogP contribution in [0.2, 0.25) is 5.02 Å². The molecule has 3 rings (SSSR count). The minimum absolute atomic E-state index is 0.378. The van der Waals surface area contributed by atoms with E-state index in [2.05, 4.69) is 4.98 Å². The molecule has 0 saturated heterocycles. The van der Waals surface area contributed by atoms with Crippen molar-refractivity contribution in [3.05, 3.63) is 59.2 Å². The largest absolute Gasteiger partial charge is 0.464 e. The highest BCUT2D eigenvalue weighted by atomic mass is 35.5. The summed E-state index contributed by atoms with van der Waals surface area (Å²) >= 11 is 6.10. The molecule has 2 aromatic carbocycles. The maximum absolute atomic E-state index is 11.6. The molecule has 0 aliphatic heterocycles. The van der Waals surface area contributed by atoms with Gasteiger partial charge in [0.2, 0.25) is 0 Å². The molecule has 0 fully saturated rings. The van der Waals surface area contributed by atoms with Crippen LogP contribution in [0.15, 0.2) is 48.5 Å². The van der Waals surface area contributed by atoms with Gasteiger partial charge in [-0.25, -0.2) is 4.79 Å². The van der Waals surface area contributed by atoms with E-state index in [9.17, 15) is 4.79 Å². The first kappa shape index (κ1) is 13.5. The Bertz CT molecular complexity index is 810. The highest BCUT2D eigenvalue weighted by Gasteiger charge is 2.13. The fourth-order valence-electron chi connectivity index (χ4n) is 2.08. The zero-order valence-corrected chi connectivity index (χ0v) is 12.0. The lowest BCUT2D eigenvalue weighted by atomic mass is 10.2. The molecule has 0 aliphatic rings. The summed E-state index contributed by atoms with van der Waals surface area (Å²) in [4.78, 5) is 14.6. The Hall–Kier alpha value is -2.46. The average Bonchev–Trinajstić information content (AvgIpc) is 2.94. The van der Waals surface area contributed by atoms with E-state index in [1.807, 2.05) is 30.3 Å². The standard InChI is InChI=1S/C16H12ClNO3/c1-20-16(19)13-9-10-12(18-13)6-4-8-14(10)21-15-7-3-2-5-11(15)17/h2-9,18H,1H3. The van der Waals surface area contributed by atoms with Gasteiger partial charge in [0, 0.05) is 10.9 Å². The van der Waals surface area contributed by atoms with Crippen LogP contribution in [0, 0.1) is 0 Å². The molecule has 0 radical (unpaired) electrons. The van der Waals surface area contributed by atoms with Crippen LogP contribution in [-0.4, -0.2) is 18.1 Å². The zero-order chi connectivity index (χ0) is 14.8. The van der Waals surface area contributed by atoms with Gasteiger partial charge < -0.3 is 14.5 Å². The zero-order valence-electron chi connectivity index (χ0n) is 11.2. The highest BCUT2D eigenvalue weighted by molar-refractivity contribution is 6.32. The number of aromatic amines is 1. The molecule has 21 heavy (non-hydrogen) atoms. The molecule has 106 valence electrons. The summed E-state index contributed by atoms with van der Waals surface area (Å²) in [6, 6.07) is 14.4. The first-order chi connectivity index (χ1) is 10.2. The highest BCUT2D eigenvalue weighted by Crippen LogP contribution is 2.33.